The van der Waals surface area contributed by atoms with E-state index < -0.39 is 0 Å². The second-order valence-electron chi connectivity index (χ2n) is 4.81. The fourth-order valence-corrected chi connectivity index (χ4v) is 2.94. The number of nitrogens with zero attached hydrogens (tertiary/aromatic N) is 1. The van der Waals surface area contributed by atoms with E-state index in [0.717, 1.165) is 30.4 Å². The normalized spacial score (nSPS) is 16.0. The summed E-state index contributed by atoms with van der Waals surface area (Å²) in [5.41, 5.74) is 1.05. The minimum Gasteiger partial charge on any atom is -0.296 e. The van der Waals surface area contributed by atoms with Gasteiger partial charge in [-0.3, -0.25) is 4.90 Å². The first-order valence-corrected chi connectivity index (χ1v) is 8.36. The van der Waals surface area contributed by atoms with Crippen molar-refractivity contribution in [2.75, 3.05) is 11.9 Å². The largest absolute Gasteiger partial charge is 0.296 e. The van der Waals surface area contributed by atoms with Gasteiger partial charge in [-0.05, 0) is 53.4 Å². The predicted octanol–water partition coefficient (Wildman–Crippen LogP) is 4.73. The average molecular weight is 379 g/mol. The first-order chi connectivity index (χ1) is 8.72. The second-order valence-corrected chi connectivity index (χ2v) is 6.40. The monoisotopic (exact) mass is 377 g/mol. The molecule has 100 valence electrons. The van der Waals surface area contributed by atoms with Gasteiger partial charge in [-0.1, -0.05) is 34.5 Å². The van der Waals surface area contributed by atoms with Crippen molar-refractivity contribution in [1.82, 2.24) is 4.90 Å². The van der Waals surface area contributed by atoms with Gasteiger partial charge in [0.1, 0.15) is 5.82 Å². The lowest BCUT2D eigenvalue weighted by molar-refractivity contribution is 0.119. The van der Waals surface area contributed by atoms with E-state index in [1.165, 1.54) is 25.3 Å². The molecule has 1 aromatic carbocycles. The van der Waals surface area contributed by atoms with Crippen molar-refractivity contribution in [3.63, 3.8) is 0 Å². The molecule has 0 radical (unpaired) electrons. The van der Waals surface area contributed by atoms with Crippen molar-refractivity contribution < 1.29 is 4.39 Å². The van der Waals surface area contributed by atoms with Crippen LogP contribution >= 0.6 is 31.9 Å². The molecule has 1 saturated carbocycles. The maximum Gasteiger partial charge on any atom is 0.137 e. The van der Waals surface area contributed by atoms with Gasteiger partial charge in [0, 0.05) is 17.9 Å². The highest BCUT2D eigenvalue weighted by atomic mass is 79.9. The molecule has 0 bridgehead atoms. The Kier molecular flexibility index (Phi) is 5.64. The third kappa shape index (κ3) is 3.55. The summed E-state index contributed by atoms with van der Waals surface area (Å²) in [4.78, 5) is 2.49. The van der Waals surface area contributed by atoms with Crippen molar-refractivity contribution in [3.05, 3.63) is 34.1 Å². The zero-order chi connectivity index (χ0) is 13.0. The molecule has 1 aromatic rings. The summed E-state index contributed by atoms with van der Waals surface area (Å²) < 4.78 is 14.1. The molecule has 0 spiro atoms. The molecule has 0 aliphatic heterocycles. The summed E-state index contributed by atoms with van der Waals surface area (Å²) in [7, 11) is 0. The summed E-state index contributed by atoms with van der Waals surface area (Å²) in [6.45, 7) is 1.93. The van der Waals surface area contributed by atoms with Gasteiger partial charge in [-0.2, -0.15) is 0 Å². The zero-order valence-corrected chi connectivity index (χ0v) is 13.5. The van der Waals surface area contributed by atoms with Crippen LogP contribution < -0.4 is 0 Å². The Morgan fingerprint density at radius 3 is 2.72 bits per heavy atom. The van der Waals surface area contributed by atoms with Gasteiger partial charge in [-0.15, -0.1) is 0 Å². The molecule has 1 aliphatic rings. The molecule has 0 unspecified atom stereocenters. The lowest BCUT2D eigenvalue weighted by Crippen LogP contribution is -2.40. The molecule has 0 atom stereocenters. The van der Waals surface area contributed by atoms with Crippen LogP contribution in [0.3, 0.4) is 0 Å². The summed E-state index contributed by atoms with van der Waals surface area (Å²) in [6, 6.07) is 5.99. The summed E-state index contributed by atoms with van der Waals surface area (Å²) in [6.07, 6.45) is 5.05. The van der Waals surface area contributed by atoms with E-state index in [0.29, 0.717) is 10.5 Å². The van der Waals surface area contributed by atoms with Gasteiger partial charge in [0.15, 0.2) is 0 Å². The van der Waals surface area contributed by atoms with Crippen LogP contribution in [-0.2, 0) is 6.54 Å². The van der Waals surface area contributed by atoms with Crippen LogP contribution in [-0.4, -0.2) is 22.8 Å². The molecule has 2 rings (SSSR count). The van der Waals surface area contributed by atoms with E-state index >= 15 is 0 Å². The smallest absolute Gasteiger partial charge is 0.137 e. The molecule has 0 saturated heterocycles. The maximum absolute atomic E-state index is 13.5. The highest BCUT2D eigenvalue weighted by Gasteiger charge is 2.25. The van der Waals surface area contributed by atoms with E-state index in [-0.39, 0.29) is 5.82 Å². The number of hydrogen-bond acceptors (Lipinski definition) is 1. The van der Waals surface area contributed by atoms with E-state index in [1.54, 1.807) is 6.07 Å². The standard InChI is InChI=1S/C14H18Br2FN/c15-8-3-9-18(12-5-2-6-12)10-11-4-1-7-13(17)14(11)16/h1,4,7,12H,2-3,5-6,8-10H2. The number of alkyl halides is 1. The zero-order valence-electron chi connectivity index (χ0n) is 10.3. The molecule has 4 heteroatoms. The first kappa shape index (κ1) is 14.5. The molecule has 1 fully saturated rings. The van der Waals surface area contributed by atoms with Crippen molar-refractivity contribution in [2.45, 2.75) is 38.3 Å². The van der Waals surface area contributed by atoms with E-state index in [9.17, 15) is 4.39 Å². The average Bonchev–Trinajstić information content (AvgIpc) is 2.29. The Labute approximate surface area is 125 Å². The molecule has 1 nitrogen and oxygen atoms in total. The minimum atomic E-state index is -0.165. The molecular weight excluding hydrogens is 361 g/mol. The lowest BCUT2D eigenvalue weighted by atomic mass is 9.91. The Hall–Kier alpha value is 0.0700. The second kappa shape index (κ2) is 7.01. The lowest BCUT2D eigenvalue weighted by Gasteiger charge is -2.37. The first-order valence-electron chi connectivity index (χ1n) is 6.45. The van der Waals surface area contributed by atoms with Crippen LogP contribution in [0.5, 0.6) is 0 Å². The number of halogens is 3. The molecule has 0 amide bonds. The number of hydrogen-bond donors (Lipinski definition) is 0. The minimum absolute atomic E-state index is 0.165. The van der Waals surface area contributed by atoms with E-state index in [1.807, 2.05) is 6.07 Å². The van der Waals surface area contributed by atoms with Gasteiger partial charge in [0.25, 0.3) is 0 Å². The predicted molar refractivity (Wildman–Crippen MR) is 80.6 cm³/mol. The highest BCUT2D eigenvalue weighted by molar-refractivity contribution is 9.10. The Morgan fingerprint density at radius 1 is 1.33 bits per heavy atom. The highest BCUT2D eigenvalue weighted by Crippen LogP contribution is 2.29. The SMILES string of the molecule is Fc1cccc(CN(CCCBr)C2CCC2)c1Br. The Bertz CT molecular complexity index is 393. The third-order valence-electron chi connectivity index (χ3n) is 3.58. The topological polar surface area (TPSA) is 3.24 Å². The number of benzene rings is 1. The number of rotatable bonds is 6. The van der Waals surface area contributed by atoms with Crippen LogP contribution in [0.4, 0.5) is 4.39 Å². The fourth-order valence-electron chi connectivity index (χ4n) is 2.29. The van der Waals surface area contributed by atoms with Gasteiger partial charge < -0.3 is 0 Å². The van der Waals surface area contributed by atoms with Crippen molar-refractivity contribution in [1.29, 1.82) is 0 Å². The van der Waals surface area contributed by atoms with Crippen molar-refractivity contribution in [2.24, 2.45) is 0 Å². The Balaban J connectivity index is 2.04. The van der Waals surface area contributed by atoms with Crippen LogP contribution in [0.2, 0.25) is 0 Å². The maximum atomic E-state index is 13.5. The van der Waals surface area contributed by atoms with Gasteiger partial charge in [-0.25, -0.2) is 4.39 Å². The third-order valence-corrected chi connectivity index (χ3v) is 5.02. The van der Waals surface area contributed by atoms with Gasteiger partial charge in [0.05, 0.1) is 4.47 Å². The van der Waals surface area contributed by atoms with Crippen LogP contribution in [0.25, 0.3) is 0 Å². The van der Waals surface area contributed by atoms with E-state index in [4.69, 9.17) is 0 Å². The molecular formula is C14H18Br2FN. The van der Waals surface area contributed by atoms with Crippen molar-refractivity contribution in [3.8, 4) is 0 Å². The summed E-state index contributed by atoms with van der Waals surface area (Å²) in [5, 5.41) is 1.03. The van der Waals surface area contributed by atoms with Gasteiger partial charge >= 0.3 is 0 Å². The van der Waals surface area contributed by atoms with Crippen LogP contribution in [0.15, 0.2) is 22.7 Å². The van der Waals surface area contributed by atoms with E-state index in [2.05, 4.69) is 36.8 Å². The summed E-state index contributed by atoms with van der Waals surface area (Å²) in [5.74, 6) is -0.165. The van der Waals surface area contributed by atoms with Gasteiger partial charge in [0.2, 0.25) is 0 Å². The molecule has 0 aromatic heterocycles. The molecule has 1 aliphatic carbocycles. The Morgan fingerprint density at radius 2 is 2.11 bits per heavy atom. The van der Waals surface area contributed by atoms with Crippen molar-refractivity contribution >= 4 is 31.9 Å². The summed E-state index contributed by atoms with van der Waals surface area (Å²) >= 11 is 6.84. The van der Waals surface area contributed by atoms with Crippen LogP contribution in [0.1, 0.15) is 31.2 Å². The molecule has 0 N–H and O–H groups in total. The van der Waals surface area contributed by atoms with Crippen LogP contribution in [0, 0.1) is 5.82 Å². The molecule has 0 heterocycles. The quantitative estimate of drug-likeness (QED) is 0.647. The molecule has 18 heavy (non-hydrogen) atoms. The fraction of sp³-hybridized carbons (Fsp3) is 0.571.